The van der Waals surface area contributed by atoms with E-state index in [2.05, 4.69) is 51.5 Å². The molecule has 0 unspecified atom stereocenters. The molecular formula is C35H32N6O3. The summed E-state index contributed by atoms with van der Waals surface area (Å²) in [5.41, 5.74) is 10.2. The molecule has 1 atom stereocenters. The lowest BCUT2D eigenvalue weighted by molar-refractivity contribution is 0.174. The van der Waals surface area contributed by atoms with Crippen molar-refractivity contribution >= 4 is 28.3 Å². The minimum atomic E-state index is -0.260. The number of likely N-dealkylation sites (tertiary alicyclic amines) is 1. The van der Waals surface area contributed by atoms with E-state index in [0.717, 1.165) is 64.4 Å². The van der Waals surface area contributed by atoms with Crippen LogP contribution in [0.25, 0.3) is 39.3 Å². The number of terminal acetylenes is 1. The summed E-state index contributed by atoms with van der Waals surface area (Å²) in [6.45, 7) is 6.31. The highest BCUT2D eigenvalue weighted by Crippen LogP contribution is 2.37. The molecule has 0 bridgehead atoms. The van der Waals surface area contributed by atoms with E-state index in [1.807, 2.05) is 36.7 Å². The first-order valence-corrected chi connectivity index (χ1v) is 14.6. The normalized spacial score (nSPS) is 15.3. The molecule has 3 aromatic heterocycles. The fraction of sp³-hybridized carbons (Fsp3) is 0.229. The van der Waals surface area contributed by atoms with Gasteiger partial charge in [0.1, 0.15) is 5.52 Å². The number of benzene rings is 3. The average Bonchev–Trinajstić information content (AvgIpc) is 3.77. The standard InChI is InChI=1S/C35H32N6O3/c1-4-24-15-23(20-42)16-31-32(24)44-35(39-31)29-9-5-7-27(21(29)2)28-8-6-10-30(22(28)3)38-33-34-37-17-25(41(34)14-12-36-33)18-40-13-11-26(43)19-40/h1,5-10,12,14-17,26,42-43H,11,13,18-20H2,2-3H3,(H,36,38)/t26-/m0/s1. The van der Waals surface area contributed by atoms with Crippen molar-refractivity contribution in [1.29, 1.82) is 0 Å². The molecule has 6 aromatic rings. The Kier molecular flexibility index (Phi) is 7.10. The SMILES string of the molecule is C#Cc1cc(CO)cc2nc(-c3cccc(-c4cccc(Nc5nccn6c(CN7CC[C@H](O)C7)cnc56)c4C)c3C)oc12. The monoisotopic (exact) mass is 584 g/mol. The summed E-state index contributed by atoms with van der Waals surface area (Å²) in [6, 6.07) is 15.8. The molecule has 1 saturated heterocycles. The topological polar surface area (TPSA) is 112 Å². The van der Waals surface area contributed by atoms with Gasteiger partial charge in [-0.3, -0.25) is 9.30 Å². The van der Waals surface area contributed by atoms with Gasteiger partial charge in [0, 0.05) is 43.3 Å². The van der Waals surface area contributed by atoms with Gasteiger partial charge in [0.2, 0.25) is 5.89 Å². The van der Waals surface area contributed by atoms with Gasteiger partial charge in [0.25, 0.3) is 0 Å². The molecule has 1 aliphatic heterocycles. The average molecular weight is 585 g/mol. The molecule has 220 valence electrons. The van der Waals surface area contributed by atoms with Crippen LogP contribution in [0.5, 0.6) is 0 Å². The number of aliphatic hydroxyl groups excluding tert-OH is 2. The third-order valence-electron chi connectivity index (χ3n) is 8.47. The first-order valence-electron chi connectivity index (χ1n) is 14.6. The summed E-state index contributed by atoms with van der Waals surface area (Å²) in [5, 5.41) is 23.1. The van der Waals surface area contributed by atoms with E-state index >= 15 is 0 Å². The number of nitrogens with one attached hydrogen (secondary N) is 1. The highest BCUT2D eigenvalue weighted by Gasteiger charge is 2.22. The third kappa shape index (κ3) is 4.89. The predicted octanol–water partition coefficient (Wildman–Crippen LogP) is 5.61. The molecular weight excluding hydrogens is 552 g/mol. The van der Waals surface area contributed by atoms with Gasteiger partial charge in [-0.15, -0.1) is 6.42 Å². The second-order valence-corrected chi connectivity index (χ2v) is 11.3. The van der Waals surface area contributed by atoms with Gasteiger partial charge in [0.05, 0.1) is 30.2 Å². The Balaban J connectivity index is 1.22. The molecule has 0 aliphatic carbocycles. The van der Waals surface area contributed by atoms with Crippen molar-refractivity contribution in [3.8, 4) is 34.9 Å². The Hall–Kier alpha value is -5.01. The van der Waals surface area contributed by atoms with Crippen LogP contribution in [0.2, 0.25) is 0 Å². The number of aliphatic hydroxyl groups is 2. The van der Waals surface area contributed by atoms with E-state index in [9.17, 15) is 10.2 Å². The maximum Gasteiger partial charge on any atom is 0.227 e. The zero-order valence-corrected chi connectivity index (χ0v) is 24.6. The van der Waals surface area contributed by atoms with Crippen molar-refractivity contribution in [2.75, 3.05) is 18.4 Å². The van der Waals surface area contributed by atoms with Crippen LogP contribution < -0.4 is 5.32 Å². The Morgan fingerprint density at radius 1 is 1.07 bits per heavy atom. The van der Waals surface area contributed by atoms with E-state index < -0.39 is 0 Å². The number of hydrogen-bond donors (Lipinski definition) is 3. The van der Waals surface area contributed by atoms with Crippen LogP contribution in [0.15, 0.2) is 71.5 Å². The number of rotatable bonds is 7. The quantitative estimate of drug-likeness (QED) is 0.208. The smallest absolute Gasteiger partial charge is 0.227 e. The number of oxazole rings is 1. The minimum absolute atomic E-state index is 0.125. The highest BCUT2D eigenvalue weighted by atomic mass is 16.3. The van der Waals surface area contributed by atoms with Gasteiger partial charge >= 0.3 is 0 Å². The van der Waals surface area contributed by atoms with E-state index in [4.69, 9.17) is 20.8 Å². The number of nitrogens with zero attached hydrogens (tertiary/aromatic N) is 5. The molecule has 1 fully saturated rings. The second-order valence-electron chi connectivity index (χ2n) is 11.3. The number of β-amino-alcohol motifs (C(OH)–C–C–N with tert-alkyl or cyclic N) is 1. The lowest BCUT2D eigenvalue weighted by Gasteiger charge is -2.16. The first-order chi connectivity index (χ1) is 21.4. The van der Waals surface area contributed by atoms with Crippen LogP contribution in [-0.2, 0) is 13.2 Å². The lowest BCUT2D eigenvalue weighted by atomic mass is 9.93. The number of anilines is 2. The molecule has 1 aliphatic rings. The van der Waals surface area contributed by atoms with Crippen LogP contribution in [0.1, 0.15) is 34.4 Å². The molecule has 3 aromatic carbocycles. The Labute approximate surface area is 254 Å². The molecule has 0 saturated carbocycles. The molecule has 0 radical (unpaired) electrons. The first kappa shape index (κ1) is 27.8. The molecule has 0 spiro atoms. The fourth-order valence-corrected chi connectivity index (χ4v) is 6.11. The Bertz CT molecular complexity index is 2070. The number of imidazole rings is 1. The van der Waals surface area contributed by atoms with Gasteiger partial charge in [-0.25, -0.2) is 15.0 Å². The Morgan fingerprint density at radius 3 is 2.64 bits per heavy atom. The number of fused-ring (bicyclic) bond motifs is 2. The molecule has 9 heteroatoms. The van der Waals surface area contributed by atoms with Gasteiger partial charge < -0.3 is 19.9 Å². The molecule has 44 heavy (non-hydrogen) atoms. The highest BCUT2D eigenvalue weighted by molar-refractivity contribution is 5.86. The maximum absolute atomic E-state index is 9.93. The van der Waals surface area contributed by atoms with Gasteiger partial charge in [-0.2, -0.15) is 0 Å². The van der Waals surface area contributed by atoms with Crippen molar-refractivity contribution in [3.63, 3.8) is 0 Å². The predicted molar refractivity (Wildman–Crippen MR) is 170 cm³/mol. The zero-order chi connectivity index (χ0) is 30.4. The Morgan fingerprint density at radius 2 is 1.86 bits per heavy atom. The van der Waals surface area contributed by atoms with E-state index in [1.54, 1.807) is 18.3 Å². The second kappa shape index (κ2) is 11.2. The summed E-state index contributed by atoms with van der Waals surface area (Å²) in [4.78, 5) is 16.3. The van der Waals surface area contributed by atoms with Crippen molar-refractivity contribution in [2.45, 2.75) is 39.5 Å². The lowest BCUT2D eigenvalue weighted by Crippen LogP contribution is -2.22. The van der Waals surface area contributed by atoms with Gasteiger partial charge in [-0.05, 0) is 72.4 Å². The van der Waals surface area contributed by atoms with Gasteiger partial charge in [-0.1, -0.05) is 30.2 Å². The largest absolute Gasteiger partial charge is 0.435 e. The van der Waals surface area contributed by atoms with E-state index in [-0.39, 0.29) is 12.7 Å². The summed E-state index contributed by atoms with van der Waals surface area (Å²) < 4.78 is 8.25. The summed E-state index contributed by atoms with van der Waals surface area (Å²) >= 11 is 0. The van der Waals surface area contributed by atoms with Crippen molar-refractivity contribution in [2.24, 2.45) is 0 Å². The summed E-state index contributed by atoms with van der Waals surface area (Å²) in [7, 11) is 0. The van der Waals surface area contributed by atoms with E-state index in [1.165, 1.54) is 0 Å². The summed E-state index contributed by atoms with van der Waals surface area (Å²) in [5.74, 6) is 3.80. The number of hydrogen-bond acceptors (Lipinski definition) is 8. The van der Waals surface area contributed by atoms with Crippen LogP contribution in [0, 0.1) is 26.2 Å². The van der Waals surface area contributed by atoms with E-state index in [0.29, 0.717) is 40.5 Å². The molecule has 7 rings (SSSR count). The van der Waals surface area contributed by atoms with Gasteiger partial charge in [0.15, 0.2) is 17.0 Å². The van der Waals surface area contributed by atoms with Crippen LogP contribution in [0.4, 0.5) is 11.5 Å². The molecule has 0 amide bonds. The molecule has 3 N–H and O–H groups in total. The zero-order valence-electron chi connectivity index (χ0n) is 24.6. The molecule has 4 heterocycles. The number of aromatic nitrogens is 4. The van der Waals surface area contributed by atoms with Crippen molar-refractivity contribution in [1.82, 2.24) is 24.3 Å². The van der Waals surface area contributed by atoms with Crippen molar-refractivity contribution < 1.29 is 14.6 Å². The summed E-state index contributed by atoms with van der Waals surface area (Å²) in [6.07, 6.45) is 11.9. The van der Waals surface area contributed by atoms with Crippen molar-refractivity contribution in [3.05, 3.63) is 95.1 Å². The fourth-order valence-electron chi connectivity index (χ4n) is 6.11. The van der Waals surface area contributed by atoms with Crippen LogP contribution >= 0.6 is 0 Å². The third-order valence-corrected chi connectivity index (χ3v) is 8.47. The van der Waals surface area contributed by atoms with Crippen LogP contribution in [0.3, 0.4) is 0 Å². The minimum Gasteiger partial charge on any atom is -0.435 e. The van der Waals surface area contributed by atoms with Crippen LogP contribution in [-0.4, -0.2) is 53.7 Å². The molecule has 9 nitrogen and oxygen atoms in total. The maximum atomic E-state index is 9.93.